The molecule has 0 bridgehead atoms. The second-order valence-corrected chi connectivity index (χ2v) is 4.76. The van der Waals surface area contributed by atoms with Gasteiger partial charge in [-0.2, -0.15) is 0 Å². The van der Waals surface area contributed by atoms with Crippen molar-refractivity contribution in [3.8, 4) is 0 Å². The third kappa shape index (κ3) is 2.08. The molecule has 1 aromatic rings. The fourth-order valence-corrected chi connectivity index (χ4v) is 2.18. The van der Waals surface area contributed by atoms with E-state index >= 15 is 0 Å². The fourth-order valence-electron chi connectivity index (χ4n) is 2.18. The van der Waals surface area contributed by atoms with Crippen molar-refractivity contribution in [1.29, 1.82) is 0 Å². The number of aryl methyl sites for hydroxylation is 1. The number of rotatable bonds is 3. The Morgan fingerprint density at radius 1 is 1.55 bits per heavy atom. The van der Waals surface area contributed by atoms with Gasteiger partial charge in [-0.05, 0) is 6.92 Å². The summed E-state index contributed by atoms with van der Waals surface area (Å²) in [6.45, 7) is -0.630. The van der Waals surface area contributed by atoms with Gasteiger partial charge in [-0.1, -0.05) is 0 Å². The predicted octanol–water partition coefficient (Wildman–Crippen LogP) is -2.20. The lowest BCUT2D eigenvalue weighted by Gasteiger charge is -2.28. The predicted molar refractivity (Wildman–Crippen MR) is 64.0 cm³/mol. The van der Waals surface area contributed by atoms with E-state index < -0.39 is 48.6 Å². The summed E-state index contributed by atoms with van der Waals surface area (Å²) < 4.78 is 19.1. The smallest absolute Gasteiger partial charge is 0.330 e. The Labute approximate surface area is 112 Å². The number of alkyl halides is 1. The molecular formula is C11H15FN2O6. The molecule has 1 aliphatic rings. The zero-order valence-corrected chi connectivity index (χ0v) is 10.6. The summed E-state index contributed by atoms with van der Waals surface area (Å²) in [5, 5.41) is 29.0. The van der Waals surface area contributed by atoms with Gasteiger partial charge in [0.1, 0.15) is 18.9 Å². The summed E-state index contributed by atoms with van der Waals surface area (Å²) in [7, 11) is 0. The maximum absolute atomic E-state index is 13.1. The van der Waals surface area contributed by atoms with Gasteiger partial charge in [0, 0.05) is 11.8 Å². The van der Waals surface area contributed by atoms with Gasteiger partial charge >= 0.3 is 5.69 Å². The molecule has 112 valence electrons. The molecule has 1 fully saturated rings. The van der Waals surface area contributed by atoms with Gasteiger partial charge in [0.05, 0.1) is 6.61 Å². The van der Waals surface area contributed by atoms with Crippen LogP contribution in [-0.4, -0.2) is 56.0 Å². The summed E-state index contributed by atoms with van der Waals surface area (Å²) in [6, 6.07) is 0. The van der Waals surface area contributed by atoms with Crippen molar-refractivity contribution in [2.75, 3.05) is 13.3 Å². The summed E-state index contributed by atoms with van der Waals surface area (Å²) >= 11 is 0. The number of aromatic nitrogens is 2. The second-order valence-electron chi connectivity index (χ2n) is 4.76. The minimum absolute atomic E-state index is 0.149. The standard InChI is InChI=1S/C11H15FN2O6/c1-5-2-14(10(18)13-8(5)17)9-11(19,4-12)7(16)6(3-15)20-9/h2,6-7,9,15-16,19H,3-4H2,1H3,(H,13,17,18)/t6-,7?,9-,11-/m1/s1. The van der Waals surface area contributed by atoms with Crippen molar-refractivity contribution in [1.82, 2.24) is 9.55 Å². The number of H-pyrrole nitrogens is 1. The fraction of sp³-hybridized carbons (Fsp3) is 0.636. The van der Waals surface area contributed by atoms with Crippen LogP contribution in [0.4, 0.5) is 4.39 Å². The Bertz CT molecular complexity index is 614. The molecule has 4 atom stereocenters. The quantitative estimate of drug-likeness (QED) is 0.500. The number of hydrogen-bond acceptors (Lipinski definition) is 6. The second kappa shape index (κ2) is 5.09. The first-order valence-corrected chi connectivity index (χ1v) is 5.90. The molecule has 0 aromatic carbocycles. The highest BCUT2D eigenvalue weighted by atomic mass is 19.1. The molecule has 0 aliphatic carbocycles. The van der Waals surface area contributed by atoms with Crippen molar-refractivity contribution in [3.05, 3.63) is 32.6 Å². The molecule has 0 saturated carbocycles. The summed E-state index contributed by atoms with van der Waals surface area (Å²) in [5.74, 6) is 0. The van der Waals surface area contributed by atoms with E-state index in [-0.39, 0.29) is 5.56 Å². The van der Waals surface area contributed by atoms with Crippen LogP contribution < -0.4 is 11.2 Å². The first-order valence-electron chi connectivity index (χ1n) is 5.90. The third-order valence-electron chi connectivity index (χ3n) is 3.39. The normalized spacial score (nSPS) is 33.5. The topological polar surface area (TPSA) is 125 Å². The molecule has 1 saturated heterocycles. The van der Waals surface area contributed by atoms with Crippen LogP contribution in [0.2, 0.25) is 0 Å². The molecule has 8 nitrogen and oxygen atoms in total. The highest BCUT2D eigenvalue weighted by Crippen LogP contribution is 2.37. The van der Waals surface area contributed by atoms with Gasteiger partial charge in [-0.25, -0.2) is 9.18 Å². The maximum atomic E-state index is 13.1. The summed E-state index contributed by atoms with van der Waals surface area (Å²) in [4.78, 5) is 25.0. The van der Waals surface area contributed by atoms with Gasteiger partial charge in [-0.3, -0.25) is 14.3 Å². The SMILES string of the molecule is Cc1cn([C@@H]2O[C@H](CO)C(O)[C@]2(O)CF)c(=O)[nH]c1=O. The van der Waals surface area contributed by atoms with Crippen LogP contribution in [-0.2, 0) is 4.74 Å². The third-order valence-corrected chi connectivity index (χ3v) is 3.39. The minimum Gasteiger partial charge on any atom is -0.394 e. The van der Waals surface area contributed by atoms with Crippen molar-refractivity contribution in [2.45, 2.75) is 31.0 Å². The lowest BCUT2D eigenvalue weighted by molar-refractivity contribution is -0.121. The Morgan fingerprint density at radius 3 is 2.75 bits per heavy atom. The number of aromatic amines is 1. The lowest BCUT2D eigenvalue weighted by Crippen LogP contribution is -2.51. The number of aliphatic hydroxyl groups is 3. The van der Waals surface area contributed by atoms with Gasteiger partial charge in [0.2, 0.25) is 0 Å². The van der Waals surface area contributed by atoms with E-state index in [1.807, 2.05) is 4.98 Å². The zero-order valence-electron chi connectivity index (χ0n) is 10.6. The molecule has 2 heterocycles. The van der Waals surface area contributed by atoms with Crippen LogP contribution in [0.3, 0.4) is 0 Å². The van der Waals surface area contributed by atoms with Gasteiger partial charge in [0.25, 0.3) is 5.56 Å². The molecule has 20 heavy (non-hydrogen) atoms. The van der Waals surface area contributed by atoms with E-state index in [1.54, 1.807) is 0 Å². The van der Waals surface area contributed by atoms with Crippen molar-refractivity contribution < 1.29 is 24.4 Å². The number of aliphatic hydroxyl groups excluding tert-OH is 2. The van der Waals surface area contributed by atoms with E-state index in [1.165, 1.54) is 6.92 Å². The van der Waals surface area contributed by atoms with E-state index in [4.69, 9.17) is 9.84 Å². The summed E-state index contributed by atoms with van der Waals surface area (Å²) in [6.07, 6.45) is -3.40. The van der Waals surface area contributed by atoms with Gasteiger partial charge in [0.15, 0.2) is 11.8 Å². The monoisotopic (exact) mass is 290 g/mol. The molecule has 1 unspecified atom stereocenters. The Kier molecular flexibility index (Phi) is 3.78. The lowest BCUT2D eigenvalue weighted by atomic mass is 9.95. The maximum Gasteiger partial charge on any atom is 0.330 e. The van der Waals surface area contributed by atoms with Crippen LogP contribution in [0.5, 0.6) is 0 Å². The number of nitrogens with zero attached hydrogens (tertiary/aromatic N) is 1. The average Bonchev–Trinajstić information content (AvgIpc) is 2.67. The largest absolute Gasteiger partial charge is 0.394 e. The van der Waals surface area contributed by atoms with Crippen LogP contribution in [0, 0.1) is 6.92 Å². The van der Waals surface area contributed by atoms with E-state index in [2.05, 4.69) is 0 Å². The van der Waals surface area contributed by atoms with Crippen molar-refractivity contribution in [2.24, 2.45) is 0 Å². The average molecular weight is 290 g/mol. The number of ether oxygens (including phenoxy) is 1. The highest BCUT2D eigenvalue weighted by Gasteiger charge is 2.56. The van der Waals surface area contributed by atoms with E-state index in [9.17, 15) is 24.2 Å². The molecule has 1 aliphatic heterocycles. The molecule has 0 spiro atoms. The first kappa shape index (κ1) is 14.9. The Morgan fingerprint density at radius 2 is 2.20 bits per heavy atom. The molecule has 2 rings (SSSR count). The first-order chi connectivity index (χ1) is 9.35. The molecule has 0 radical (unpaired) electrons. The van der Waals surface area contributed by atoms with E-state index in [0.717, 1.165) is 10.8 Å². The van der Waals surface area contributed by atoms with E-state index in [0.29, 0.717) is 0 Å². The highest BCUT2D eigenvalue weighted by molar-refractivity contribution is 5.07. The summed E-state index contributed by atoms with van der Waals surface area (Å²) in [5.41, 5.74) is -3.77. The Balaban J connectivity index is 2.54. The molecule has 1 aromatic heterocycles. The van der Waals surface area contributed by atoms with Gasteiger partial charge in [-0.15, -0.1) is 0 Å². The number of nitrogens with one attached hydrogen (secondary N) is 1. The minimum atomic E-state index is -2.39. The molecular weight excluding hydrogens is 275 g/mol. The number of hydrogen-bond donors (Lipinski definition) is 4. The molecule has 9 heteroatoms. The Hall–Kier alpha value is -1.55. The van der Waals surface area contributed by atoms with Gasteiger partial charge < -0.3 is 20.1 Å². The van der Waals surface area contributed by atoms with Crippen molar-refractivity contribution in [3.63, 3.8) is 0 Å². The zero-order chi connectivity index (χ0) is 15.1. The number of halogens is 1. The van der Waals surface area contributed by atoms with Crippen LogP contribution in [0.15, 0.2) is 15.8 Å². The van der Waals surface area contributed by atoms with Crippen LogP contribution in [0.1, 0.15) is 11.8 Å². The molecule has 0 amide bonds. The van der Waals surface area contributed by atoms with Crippen LogP contribution >= 0.6 is 0 Å². The van der Waals surface area contributed by atoms with Crippen molar-refractivity contribution >= 4 is 0 Å². The molecule has 4 N–H and O–H groups in total. The van der Waals surface area contributed by atoms with Crippen LogP contribution in [0.25, 0.3) is 0 Å².